The molecule has 2 aromatic heterocycles. The molecule has 1 aliphatic heterocycles. The van der Waals surface area contributed by atoms with E-state index >= 15 is 0 Å². The highest BCUT2D eigenvalue weighted by molar-refractivity contribution is 6.00. The number of nitrogens with zero attached hydrogens (tertiary/aromatic N) is 5. The van der Waals surface area contributed by atoms with E-state index in [0.29, 0.717) is 36.2 Å². The average Bonchev–Trinajstić information content (AvgIpc) is 2.99. The van der Waals surface area contributed by atoms with Crippen molar-refractivity contribution in [1.82, 2.24) is 19.7 Å². The number of nitrogens with one attached hydrogen (secondary N) is 2. The van der Waals surface area contributed by atoms with Crippen LogP contribution in [0.5, 0.6) is 0 Å². The maximum atomic E-state index is 13.2. The van der Waals surface area contributed by atoms with Gasteiger partial charge in [-0.15, -0.1) is 0 Å². The van der Waals surface area contributed by atoms with E-state index in [9.17, 15) is 13.6 Å². The molecule has 1 aliphatic carbocycles. The predicted octanol–water partition coefficient (Wildman–Crippen LogP) is 2.42. The monoisotopic (exact) mass is 391 g/mol. The minimum Gasteiger partial charge on any atom is -0.350 e. The highest BCUT2D eigenvalue weighted by Crippen LogP contribution is 2.52. The number of likely N-dealkylation sites (N-methyl/N-ethyl adjacent to an activating group) is 1. The lowest BCUT2D eigenvalue weighted by Gasteiger charge is -2.44. The van der Waals surface area contributed by atoms with Crippen molar-refractivity contribution in [3.8, 4) is 0 Å². The van der Waals surface area contributed by atoms with Gasteiger partial charge in [0.25, 0.3) is 0 Å². The number of carbonyl (C=O) groups excluding carboxylic acids is 1. The number of rotatable bonds is 5. The Hall–Kier alpha value is -2.78. The van der Waals surface area contributed by atoms with E-state index in [0.717, 1.165) is 5.56 Å². The minimum absolute atomic E-state index is 0.0901. The third-order valence-electron chi connectivity index (χ3n) is 5.13. The smallest absolute Gasteiger partial charge is 0.249 e. The number of anilines is 3. The van der Waals surface area contributed by atoms with Crippen LogP contribution in [0.4, 0.5) is 26.2 Å². The summed E-state index contributed by atoms with van der Waals surface area (Å²) >= 11 is 0. The molecular weight excluding hydrogens is 368 g/mol. The van der Waals surface area contributed by atoms with Gasteiger partial charge in [-0.05, 0) is 12.3 Å². The average molecular weight is 391 g/mol. The fraction of sp³-hybridized carbons (Fsp3) is 0.556. The zero-order chi connectivity index (χ0) is 20.1. The van der Waals surface area contributed by atoms with Gasteiger partial charge in [0, 0.05) is 44.7 Å². The molecule has 2 aliphatic rings. The summed E-state index contributed by atoms with van der Waals surface area (Å²) in [6.45, 7) is 4.86. The van der Waals surface area contributed by atoms with Crippen molar-refractivity contribution in [3.63, 3.8) is 0 Å². The normalized spacial score (nSPS) is 19.6. The molecule has 8 nitrogen and oxygen atoms in total. The third-order valence-corrected chi connectivity index (χ3v) is 5.13. The van der Waals surface area contributed by atoms with E-state index in [1.54, 1.807) is 15.8 Å². The second kappa shape index (κ2) is 6.39. The molecule has 0 spiro atoms. The maximum Gasteiger partial charge on any atom is 0.249 e. The van der Waals surface area contributed by atoms with Gasteiger partial charge in [-0.1, -0.05) is 6.92 Å². The van der Waals surface area contributed by atoms with Crippen LogP contribution in [0.2, 0.25) is 0 Å². The van der Waals surface area contributed by atoms with E-state index in [1.165, 1.54) is 0 Å². The molecule has 1 fully saturated rings. The van der Waals surface area contributed by atoms with Crippen molar-refractivity contribution in [1.29, 1.82) is 0 Å². The van der Waals surface area contributed by atoms with Crippen LogP contribution in [-0.2, 0) is 17.9 Å². The lowest BCUT2D eigenvalue weighted by atomic mass is 9.67. The van der Waals surface area contributed by atoms with Gasteiger partial charge in [-0.25, -0.2) is 13.8 Å². The van der Waals surface area contributed by atoms with Gasteiger partial charge in [-0.3, -0.25) is 9.48 Å². The Morgan fingerprint density at radius 1 is 1.32 bits per heavy atom. The molecule has 150 valence electrons. The van der Waals surface area contributed by atoms with E-state index in [4.69, 9.17) is 0 Å². The summed E-state index contributed by atoms with van der Waals surface area (Å²) in [6.07, 6.45) is 3.37. The Balaban J connectivity index is 1.40. The summed E-state index contributed by atoms with van der Waals surface area (Å²) in [7, 11) is 1.81. The molecule has 1 saturated carbocycles. The molecule has 0 atom stereocenters. The van der Waals surface area contributed by atoms with Crippen LogP contribution in [0.25, 0.3) is 0 Å². The highest BCUT2D eigenvalue weighted by Gasteiger charge is 2.53. The van der Waals surface area contributed by atoms with Gasteiger partial charge < -0.3 is 15.5 Å². The lowest BCUT2D eigenvalue weighted by Crippen LogP contribution is -2.46. The Morgan fingerprint density at radius 2 is 2.07 bits per heavy atom. The molecule has 0 saturated heterocycles. The first-order chi connectivity index (χ1) is 13.1. The molecule has 2 N–H and O–H groups in total. The summed E-state index contributed by atoms with van der Waals surface area (Å²) in [5, 5.41) is 10.3. The van der Waals surface area contributed by atoms with E-state index < -0.39 is 11.3 Å². The molecule has 2 aromatic rings. The predicted molar refractivity (Wildman–Crippen MR) is 101 cm³/mol. The van der Waals surface area contributed by atoms with Gasteiger partial charge in [0.05, 0.1) is 18.4 Å². The quantitative estimate of drug-likeness (QED) is 0.814. The molecule has 3 heterocycles. The first kappa shape index (κ1) is 18.6. The van der Waals surface area contributed by atoms with Crippen LogP contribution in [0.15, 0.2) is 12.4 Å². The van der Waals surface area contributed by atoms with Crippen molar-refractivity contribution >= 4 is 23.4 Å². The SMILES string of the molecule is Cc1nc(NCc2cnn(CC3(C)CC(F)(F)C3)c2)nc2c1NC(=O)CN2C. The summed E-state index contributed by atoms with van der Waals surface area (Å²) in [5.74, 6) is -1.50. The van der Waals surface area contributed by atoms with Crippen LogP contribution >= 0.6 is 0 Å². The minimum atomic E-state index is -2.54. The molecule has 28 heavy (non-hydrogen) atoms. The van der Waals surface area contributed by atoms with Crippen molar-refractivity contribution in [2.45, 2.75) is 45.7 Å². The number of aryl methyl sites for hydroxylation is 1. The zero-order valence-electron chi connectivity index (χ0n) is 16.1. The van der Waals surface area contributed by atoms with Crippen LogP contribution < -0.4 is 15.5 Å². The van der Waals surface area contributed by atoms with Gasteiger partial charge >= 0.3 is 0 Å². The fourth-order valence-corrected chi connectivity index (χ4v) is 3.99. The number of hydrogen-bond acceptors (Lipinski definition) is 6. The first-order valence-corrected chi connectivity index (χ1v) is 9.15. The van der Waals surface area contributed by atoms with Gasteiger partial charge in [0.2, 0.25) is 17.8 Å². The Labute approximate surface area is 161 Å². The molecule has 0 unspecified atom stereocenters. The zero-order valence-corrected chi connectivity index (χ0v) is 16.1. The Bertz CT molecular complexity index is 919. The number of fused-ring (bicyclic) bond motifs is 1. The number of hydrogen-bond donors (Lipinski definition) is 2. The van der Waals surface area contributed by atoms with E-state index in [1.807, 2.05) is 27.1 Å². The molecule has 1 amide bonds. The maximum absolute atomic E-state index is 13.2. The number of halogens is 2. The molecule has 0 bridgehead atoms. The first-order valence-electron chi connectivity index (χ1n) is 9.15. The van der Waals surface area contributed by atoms with Gasteiger partial charge in [0.1, 0.15) is 5.69 Å². The molecule has 10 heteroatoms. The van der Waals surface area contributed by atoms with E-state index in [2.05, 4.69) is 25.7 Å². The lowest BCUT2D eigenvalue weighted by molar-refractivity contribution is -0.159. The Morgan fingerprint density at radius 3 is 2.79 bits per heavy atom. The standard InChI is InChI=1S/C18H23F2N7O/c1-11-14-15(26(3)7-13(28)24-14)25-16(23-11)21-4-12-5-22-27(6-12)10-17(2)8-18(19,20)9-17/h5-6H,4,7-10H2,1-3H3,(H,24,28)(H,21,23,25). The van der Waals surface area contributed by atoms with Gasteiger partial charge in [-0.2, -0.15) is 10.1 Å². The topological polar surface area (TPSA) is 88.0 Å². The molecule has 4 rings (SSSR count). The fourth-order valence-electron chi connectivity index (χ4n) is 3.99. The summed E-state index contributed by atoms with van der Waals surface area (Å²) in [5.41, 5.74) is 1.81. The van der Waals surface area contributed by atoms with E-state index in [-0.39, 0.29) is 25.3 Å². The van der Waals surface area contributed by atoms with Crippen molar-refractivity contribution in [2.75, 3.05) is 29.1 Å². The second-order valence-corrected chi connectivity index (χ2v) is 8.16. The highest BCUT2D eigenvalue weighted by atomic mass is 19.3. The van der Waals surface area contributed by atoms with Crippen LogP contribution in [-0.4, -0.2) is 45.2 Å². The molecule has 0 radical (unpaired) electrons. The number of carbonyl (C=O) groups is 1. The summed E-state index contributed by atoms with van der Waals surface area (Å²) in [4.78, 5) is 22.3. The number of alkyl halides is 2. The second-order valence-electron chi connectivity index (χ2n) is 8.16. The van der Waals surface area contributed by atoms with Crippen LogP contribution in [0.1, 0.15) is 31.0 Å². The van der Waals surface area contributed by atoms with Crippen LogP contribution in [0, 0.1) is 12.3 Å². The molecular formula is C18H23F2N7O. The summed E-state index contributed by atoms with van der Waals surface area (Å²) in [6, 6.07) is 0. The van der Waals surface area contributed by atoms with Crippen molar-refractivity contribution in [3.05, 3.63) is 23.7 Å². The van der Waals surface area contributed by atoms with Crippen molar-refractivity contribution < 1.29 is 13.6 Å². The number of aromatic nitrogens is 4. The molecule has 0 aromatic carbocycles. The van der Waals surface area contributed by atoms with Crippen molar-refractivity contribution in [2.24, 2.45) is 5.41 Å². The number of amides is 1. The largest absolute Gasteiger partial charge is 0.350 e. The summed E-state index contributed by atoms with van der Waals surface area (Å²) < 4.78 is 28.1. The van der Waals surface area contributed by atoms with Gasteiger partial charge in [0.15, 0.2) is 5.82 Å². The van der Waals surface area contributed by atoms with Crippen LogP contribution in [0.3, 0.4) is 0 Å². The third kappa shape index (κ3) is 3.63. The Kier molecular flexibility index (Phi) is 4.24.